The third-order valence-electron chi connectivity index (χ3n) is 3.86. The highest BCUT2D eigenvalue weighted by atomic mass is 16.2. The van der Waals surface area contributed by atoms with Crippen molar-refractivity contribution in [2.24, 2.45) is 0 Å². The number of amides is 2. The molecule has 0 spiro atoms. The van der Waals surface area contributed by atoms with E-state index in [1.807, 2.05) is 49.9 Å². The molecule has 21 heavy (non-hydrogen) atoms. The van der Waals surface area contributed by atoms with Crippen molar-refractivity contribution in [2.45, 2.75) is 45.8 Å². The van der Waals surface area contributed by atoms with E-state index in [0.29, 0.717) is 5.56 Å². The fraction of sp³-hybridized carbons (Fsp3) is 0.412. The summed E-state index contributed by atoms with van der Waals surface area (Å²) in [5.74, 6) is -0.0211. The van der Waals surface area contributed by atoms with Gasteiger partial charge >= 0.3 is 0 Å². The Morgan fingerprint density at radius 1 is 1.10 bits per heavy atom. The molecule has 1 heterocycles. The molecule has 2 unspecified atom stereocenters. The van der Waals surface area contributed by atoms with Crippen LogP contribution in [0.1, 0.15) is 49.7 Å². The Bertz CT molecular complexity index is 551. The van der Waals surface area contributed by atoms with Crippen LogP contribution >= 0.6 is 0 Å². The molecule has 112 valence electrons. The zero-order valence-corrected chi connectivity index (χ0v) is 13.0. The fourth-order valence-electron chi connectivity index (χ4n) is 2.70. The second kappa shape index (κ2) is 6.12. The second-order valence-electron chi connectivity index (χ2n) is 5.62. The lowest BCUT2D eigenvalue weighted by Crippen LogP contribution is -2.39. The second-order valence-corrected chi connectivity index (χ2v) is 5.62. The van der Waals surface area contributed by atoms with E-state index in [0.717, 1.165) is 5.56 Å². The minimum Gasteiger partial charge on any atom is -0.350 e. The highest BCUT2D eigenvalue weighted by molar-refractivity contribution is 5.95. The van der Waals surface area contributed by atoms with Crippen molar-refractivity contribution in [2.75, 3.05) is 0 Å². The summed E-state index contributed by atoms with van der Waals surface area (Å²) in [6.45, 7) is 7.46. The lowest BCUT2D eigenvalue weighted by Gasteiger charge is -2.26. The number of carbonyl (C=O) groups is 2. The van der Waals surface area contributed by atoms with Gasteiger partial charge in [-0.3, -0.25) is 9.59 Å². The Balaban J connectivity index is 2.12. The van der Waals surface area contributed by atoms with Crippen molar-refractivity contribution < 1.29 is 9.59 Å². The number of hydrogen-bond acceptors (Lipinski definition) is 2. The summed E-state index contributed by atoms with van der Waals surface area (Å²) in [6.07, 6.45) is 4.10. The predicted octanol–water partition coefficient (Wildman–Crippen LogP) is 2.67. The summed E-state index contributed by atoms with van der Waals surface area (Å²) in [4.78, 5) is 25.5. The number of rotatable bonds is 3. The molecule has 0 aliphatic carbocycles. The molecule has 1 aliphatic rings. The summed E-state index contributed by atoms with van der Waals surface area (Å²) < 4.78 is 0. The highest BCUT2D eigenvalue weighted by Gasteiger charge is 2.27. The van der Waals surface area contributed by atoms with Crippen molar-refractivity contribution in [3.8, 4) is 0 Å². The first kappa shape index (κ1) is 15.3. The summed E-state index contributed by atoms with van der Waals surface area (Å²) >= 11 is 0. The highest BCUT2D eigenvalue weighted by Crippen LogP contribution is 2.21. The maximum absolute atomic E-state index is 12.5. The summed E-state index contributed by atoms with van der Waals surface area (Å²) in [5.41, 5.74) is 1.67. The van der Waals surface area contributed by atoms with E-state index < -0.39 is 0 Å². The van der Waals surface area contributed by atoms with Crippen LogP contribution in [0, 0.1) is 0 Å². The molecule has 0 radical (unpaired) electrons. The van der Waals surface area contributed by atoms with Crippen LogP contribution in [0.25, 0.3) is 0 Å². The molecule has 0 bridgehead atoms. The molecule has 2 amide bonds. The predicted molar refractivity (Wildman–Crippen MR) is 82.9 cm³/mol. The quantitative estimate of drug-likeness (QED) is 0.868. The van der Waals surface area contributed by atoms with Gasteiger partial charge in [-0.15, -0.1) is 0 Å². The van der Waals surface area contributed by atoms with E-state index in [1.54, 1.807) is 0 Å². The van der Waals surface area contributed by atoms with Gasteiger partial charge in [0, 0.05) is 24.6 Å². The van der Waals surface area contributed by atoms with Gasteiger partial charge in [0.1, 0.15) is 0 Å². The van der Waals surface area contributed by atoms with Crippen molar-refractivity contribution in [3.05, 3.63) is 47.5 Å². The van der Waals surface area contributed by atoms with Gasteiger partial charge in [-0.2, -0.15) is 0 Å². The maximum atomic E-state index is 12.5. The molecular formula is C17H22N2O2. The maximum Gasteiger partial charge on any atom is 0.254 e. The first-order chi connectivity index (χ1) is 9.90. The van der Waals surface area contributed by atoms with Gasteiger partial charge < -0.3 is 10.2 Å². The minimum atomic E-state index is -0.0616. The molecule has 4 heteroatoms. The van der Waals surface area contributed by atoms with Gasteiger partial charge in [0.15, 0.2) is 0 Å². The van der Waals surface area contributed by atoms with Crippen molar-refractivity contribution in [3.63, 3.8) is 0 Å². The molecule has 0 saturated carbocycles. The van der Waals surface area contributed by atoms with Gasteiger partial charge in [0.2, 0.25) is 5.91 Å². The number of benzene rings is 1. The topological polar surface area (TPSA) is 49.4 Å². The first-order valence-corrected chi connectivity index (χ1v) is 7.28. The molecule has 4 nitrogen and oxygen atoms in total. The zero-order valence-electron chi connectivity index (χ0n) is 13.0. The summed E-state index contributed by atoms with van der Waals surface area (Å²) in [7, 11) is 0. The van der Waals surface area contributed by atoms with Crippen molar-refractivity contribution >= 4 is 11.8 Å². The van der Waals surface area contributed by atoms with Crippen LogP contribution in [0.3, 0.4) is 0 Å². The Labute approximate surface area is 125 Å². The first-order valence-electron chi connectivity index (χ1n) is 7.28. The van der Waals surface area contributed by atoms with Crippen LogP contribution in [0.4, 0.5) is 0 Å². The molecule has 1 N–H and O–H groups in total. The van der Waals surface area contributed by atoms with E-state index in [1.165, 1.54) is 6.92 Å². The van der Waals surface area contributed by atoms with Gasteiger partial charge in [0.05, 0.1) is 6.04 Å². The summed E-state index contributed by atoms with van der Waals surface area (Å²) in [5, 5.41) is 2.83. The fourth-order valence-corrected chi connectivity index (χ4v) is 2.70. The Morgan fingerprint density at radius 3 is 2.10 bits per heavy atom. The van der Waals surface area contributed by atoms with Gasteiger partial charge in [0.25, 0.3) is 5.91 Å². The Morgan fingerprint density at radius 2 is 1.62 bits per heavy atom. The third-order valence-corrected chi connectivity index (χ3v) is 3.86. The van der Waals surface area contributed by atoms with E-state index in [2.05, 4.69) is 17.5 Å². The van der Waals surface area contributed by atoms with E-state index in [-0.39, 0.29) is 29.9 Å². The monoisotopic (exact) mass is 286 g/mol. The Kier molecular flexibility index (Phi) is 4.46. The number of nitrogens with one attached hydrogen (secondary N) is 1. The van der Waals surface area contributed by atoms with Crippen LogP contribution in [0.5, 0.6) is 0 Å². The lowest BCUT2D eigenvalue weighted by molar-refractivity contribution is -0.119. The lowest BCUT2D eigenvalue weighted by atomic mass is 10.0. The molecule has 1 aromatic rings. The smallest absolute Gasteiger partial charge is 0.254 e. The molecule has 0 saturated heterocycles. The number of hydrogen-bond donors (Lipinski definition) is 1. The van der Waals surface area contributed by atoms with E-state index in [9.17, 15) is 9.59 Å². The van der Waals surface area contributed by atoms with Gasteiger partial charge in [-0.25, -0.2) is 0 Å². The average molecular weight is 286 g/mol. The summed E-state index contributed by atoms with van der Waals surface area (Å²) in [6, 6.07) is 7.65. The number of nitrogens with zero attached hydrogens (tertiary/aromatic N) is 1. The SMILES string of the molecule is CC(=O)N[C@H](C)c1ccc(C(=O)N2C(C)C=CC2C)cc1. The standard InChI is InChI=1S/C17H22N2O2/c1-11-5-6-12(2)19(11)17(21)16-9-7-15(8-10-16)13(3)18-14(4)20/h5-13H,1-4H3,(H,18,20)/t11?,12?,13-/m1/s1. The van der Waals surface area contributed by atoms with E-state index in [4.69, 9.17) is 0 Å². The molecular weight excluding hydrogens is 264 g/mol. The van der Waals surface area contributed by atoms with Crippen molar-refractivity contribution in [1.82, 2.24) is 10.2 Å². The molecule has 2 rings (SSSR count). The van der Waals surface area contributed by atoms with Crippen LogP contribution < -0.4 is 5.32 Å². The molecule has 0 fully saturated rings. The normalized spacial score (nSPS) is 22.2. The van der Waals surface area contributed by atoms with Crippen LogP contribution in [0.2, 0.25) is 0 Å². The largest absolute Gasteiger partial charge is 0.350 e. The van der Waals surface area contributed by atoms with Crippen molar-refractivity contribution in [1.29, 1.82) is 0 Å². The number of carbonyl (C=O) groups excluding carboxylic acids is 2. The molecule has 1 aromatic carbocycles. The molecule has 3 atom stereocenters. The third kappa shape index (κ3) is 3.32. The zero-order chi connectivity index (χ0) is 15.6. The molecule has 0 aromatic heterocycles. The average Bonchev–Trinajstić information content (AvgIpc) is 2.77. The minimum absolute atomic E-state index is 0.0405. The molecule has 1 aliphatic heterocycles. The van der Waals surface area contributed by atoms with Gasteiger partial charge in [-0.1, -0.05) is 24.3 Å². The van der Waals surface area contributed by atoms with Crippen LogP contribution in [0.15, 0.2) is 36.4 Å². The van der Waals surface area contributed by atoms with Gasteiger partial charge in [-0.05, 0) is 38.5 Å². The van der Waals surface area contributed by atoms with E-state index >= 15 is 0 Å². The van der Waals surface area contributed by atoms with Crippen LogP contribution in [-0.4, -0.2) is 28.8 Å². The van der Waals surface area contributed by atoms with Crippen LogP contribution in [-0.2, 0) is 4.79 Å². The Hall–Kier alpha value is -2.10.